The number of carbonyl (C=O) groups is 2. The van der Waals surface area contributed by atoms with Crippen LogP contribution >= 0.6 is 0 Å². The summed E-state index contributed by atoms with van der Waals surface area (Å²) >= 11 is 0. The fourth-order valence-corrected chi connectivity index (χ4v) is 2.92. The molecule has 1 aromatic heterocycles. The molecule has 0 spiro atoms. The second kappa shape index (κ2) is 5.63. The molecule has 1 amide bonds. The Balaban J connectivity index is 1.86. The lowest BCUT2D eigenvalue weighted by molar-refractivity contribution is -0.141. The number of hydrogen-bond acceptors (Lipinski definition) is 4. The SMILES string of the molecule is Cc1ocnc1C(=O)N1C[C@H](C(=O)O)[C@H](c2ccccc2)C1. The van der Waals surface area contributed by atoms with Crippen molar-refractivity contribution in [3.8, 4) is 0 Å². The molecule has 3 rings (SSSR count). The minimum absolute atomic E-state index is 0.181. The largest absolute Gasteiger partial charge is 0.481 e. The number of aromatic nitrogens is 1. The molecule has 2 heterocycles. The van der Waals surface area contributed by atoms with Gasteiger partial charge >= 0.3 is 5.97 Å². The third-order valence-electron chi connectivity index (χ3n) is 4.10. The second-order valence-corrected chi connectivity index (χ2v) is 5.43. The van der Waals surface area contributed by atoms with Gasteiger partial charge in [-0.1, -0.05) is 30.3 Å². The minimum Gasteiger partial charge on any atom is -0.481 e. The van der Waals surface area contributed by atoms with Crippen molar-refractivity contribution >= 4 is 11.9 Å². The summed E-state index contributed by atoms with van der Waals surface area (Å²) in [6.45, 7) is 2.21. The Labute approximate surface area is 127 Å². The molecule has 2 atom stereocenters. The van der Waals surface area contributed by atoms with E-state index in [1.54, 1.807) is 11.8 Å². The lowest BCUT2D eigenvalue weighted by atomic mass is 9.89. The first kappa shape index (κ1) is 14.3. The van der Waals surface area contributed by atoms with Gasteiger partial charge in [-0.15, -0.1) is 0 Å². The fourth-order valence-electron chi connectivity index (χ4n) is 2.92. The molecule has 1 aliphatic rings. The van der Waals surface area contributed by atoms with Crippen molar-refractivity contribution in [3.63, 3.8) is 0 Å². The summed E-state index contributed by atoms with van der Waals surface area (Å²) in [5.41, 5.74) is 1.18. The second-order valence-electron chi connectivity index (χ2n) is 5.43. The summed E-state index contributed by atoms with van der Waals surface area (Å²) in [6, 6.07) is 9.43. The average molecular weight is 300 g/mol. The number of nitrogens with zero attached hydrogens (tertiary/aromatic N) is 2. The van der Waals surface area contributed by atoms with Crippen molar-refractivity contribution in [2.75, 3.05) is 13.1 Å². The van der Waals surface area contributed by atoms with Crippen molar-refractivity contribution in [2.24, 2.45) is 5.92 Å². The van der Waals surface area contributed by atoms with Gasteiger partial charge in [-0.25, -0.2) is 4.98 Å². The van der Waals surface area contributed by atoms with E-state index < -0.39 is 11.9 Å². The van der Waals surface area contributed by atoms with Crippen LogP contribution in [0.25, 0.3) is 0 Å². The summed E-state index contributed by atoms with van der Waals surface area (Å²) in [6.07, 6.45) is 1.22. The lowest BCUT2D eigenvalue weighted by Crippen LogP contribution is -2.30. The van der Waals surface area contributed by atoms with Crippen LogP contribution in [0.2, 0.25) is 0 Å². The summed E-state index contributed by atoms with van der Waals surface area (Å²) in [4.78, 5) is 29.5. The maximum Gasteiger partial charge on any atom is 0.308 e. The van der Waals surface area contributed by atoms with Crippen LogP contribution in [-0.4, -0.2) is 40.0 Å². The van der Waals surface area contributed by atoms with E-state index in [1.807, 2.05) is 30.3 Å². The Morgan fingerprint density at radius 2 is 2.00 bits per heavy atom. The van der Waals surface area contributed by atoms with Gasteiger partial charge in [0.15, 0.2) is 12.1 Å². The van der Waals surface area contributed by atoms with Crippen LogP contribution < -0.4 is 0 Å². The van der Waals surface area contributed by atoms with Crippen LogP contribution in [-0.2, 0) is 4.79 Å². The van der Waals surface area contributed by atoms with Crippen LogP contribution in [0.15, 0.2) is 41.1 Å². The zero-order valence-electron chi connectivity index (χ0n) is 12.1. The highest BCUT2D eigenvalue weighted by Crippen LogP contribution is 2.33. The number of aryl methyl sites for hydroxylation is 1. The molecule has 1 N–H and O–H groups in total. The topological polar surface area (TPSA) is 83.6 Å². The van der Waals surface area contributed by atoms with Crippen molar-refractivity contribution in [3.05, 3.63) is 53.7 Å². The third-order valence-corrected chi connectivity index (χ3v) is 4.10. The van der Waals surface area contributed by atoms with Crippen molar-refractivity contribution in [1.82, 2.24) is 9.88 Å². The van der Waals surface area contributed by atoms with E-state index in [1.165, 1.54) is 6.39 Å². The van der Waals surface area contributed by atoms with Gasteiger partial charge in [0.1, 0.15) is 5.76 Å². The number of likely N-dealkylation sites (tertiary alicyclic amines) is 1. The standard InChI is InChI=1S/C16H16N2O4/c1-10-14(17-9-22-10)15(19)18-7-12(13(8-18)16(20)21)11-5-3-2-4-6-11/h2-6,9,12-13H,7-8H2,1H3,(H,20,21)/t12-,13-/m0/s1. The highest BCUT2D eigenvalue weighted by atomic mass is 16.4. The Kier molecular flexibility index (Phi) is 3.66. The van der Waals surface area contributed by atoms with E-state index in [2.05, 4.69) is 4.98 Å². The molecule has 6 heteroatoms. The molecule has 0 radical (unpaired) electrons. The summed E-state index contributed by atoms with van der Waals surface area (Å²) in [5, 5.41) is 9.46. The maximum absolute atomic E-state index is 12.5. The number of oxazole rings is 1. The maximum atomic E-state index is 12.5. The monoisotopic (exact) mass is 300 g/mol. The Bertz CT molecular complexity index is 695. The number of carboxylic acids is 1. The average Bonchev–Trinajstić information content (AvgIpc) is 3.14. The van der Waals surface area contributed by atoms with E-state index in [0.717, 1.165) is 5.56 Å². The van der Waals surface area contributed by atoms with Gasteiger partial charge in [0.2, 0.25) is 0 Å². The van der Waals surface area contributed by atoms with Crippen LogP contribution in [0.5, 0.6) is 0 Å². The molecule has 0 aliphatic carbocycles. The number of carbonyl (C=O) groups excluding carboxylic acids is 1. The zero-order valence-corrected chi connectivity index (χ0v) is 12.1. The van der Waals surface area contributed by atoms with E-state index in [0.29, 0.717) is 12.3 Å². The molecule has 22 heavy (non-hydrogen) atoms. The normalized spacial score (nSPS) is 21.0. The van der Waals surface area contributed by atoms with Crippen LogP contribution in [0.3, 0.4) is 0 Å². The van der Waals surface area contributed by atoms with Gasteiger partial charge in [0, 0.05) is 19.0 Å². The minimum atomic E-state index is -0.888. The molecule has 0 bridgehead atoms. The van der Waals surface area contributed by atoms with Gasteiger partial charge in [-0.2, -0.15) is 0 Å². The quantitative estimate of drug-likeness (QED) is 0.936. The molecule has 1 fully saturated rings. The number of aliphatic carboxylic acids is 1. The number of carboxylic acid groups (broad SMARTS) is 1. The van der Waals surface area contributed by atoms with Crippen molar-refractivity contribution in [2.45, 2.75) is 12.8 Å². The highest BCUT2D eigenvalue weighted by molar-refractivity contribution is 5.94. The molecular weight excluding hydrogens is 284 g/mol. The summed E-state index contributed by atoms with van der Waals surface area (Å²) in [7, 11) is 0. The van der Waals surface area contributed by atoms with Gasteiger partial charge < -0.3 is 14.4 Å². The molecule has 0 unspecified atom stereocenters. The first-order valence-electron chi connectivity index (χ1n) is 7.05. The smallest absolute Gasteiger partial charge is 0.308 e. The third kappa shape index (κ3) is 2.47. The summed E-state index contributed by atoms with van der Waals surface area (Å²) in [5.74, 6) is -1.55. The Morgan fingerprint density at radius 3 is 2.59 bits per heavy atom. The molecule has 114 valence electrons. The van der Waals surface area contributed by atoms with Gasteiger partial charge in [0.05, 0.1) is 5.92 Å². The molecular formula is C16H16N2O4. The molecule has 2 aromatic rings. The molecule has 1 saturated heterocycles. The Morgan fingerprint density at radius 1 is 1.27 bits per heavy atom. The van der Waals surface area contributed by atoms with E-state index >= 15 is 0 Å². The van der Waals surface area contributed by atoms with Gasteiger partial charge in [-0.3, -0.25) is 9.59 Å². The van der Waals surface area contributed by atoms with Gasteiger partial charge in [-0.05, 0) is 12.5 Å². The highest BCUT2D eigenvalue weighted by Gasteiger charge is 2.41. The molecule has 1 aliphatic heterocycles. The number of rotatable bonds is 3. The van der Waals surface area contributed by atoms with E-state index in [9.17, 15) is 14.7 Å². The predicted octanol–water partition coefficient (Wildman–Crippen LogP) is 1.92. The zero-order chi connectivity index (χ0) is 15.7. The number of amides is 1. The van der Waals surface area contributed by atoms with Crippen LogP contribution in [0, 0.1) is 12.8 Å². The summed E-state index contributed by atoms with van der Waals surface area (Å²) < 4.78 is 5.06. The van der Waals surface area contributed by atoms with Crippen molar-refractivity contribution < 1.29 is 19.1 Å². The number of benzene rings is 1. The molecule has 0 saturated carbocycles. The lowest BCUT2D eigenvalue weighted by Gasteiger charge is -2.15. The Hall–Kier alpha value is -2.63. The van der Waals surface area contributed by atoms with Crippen molar-refractivity contribution in [1.29, 1.82) is 0 Å². The molecule has 6 nitrogen and oxygen atoms in total. The first-order valence-corrected chi connectivity index (χ1v) is 7.05. The molecule has 1 aromatic carbocycles. The van der Waals surface area contributed by atoms with E-state index in [-0.39, 0.29) is 24.1 Å². The van der Waals surface area contributed by atoms with Crippen LogP contribution in [0.1, 0.15) is 27.7 Å². The first-order chi connectivity index (χ1) is 10.6. The van der Waals surface area contributed by atoms with E-state index in [4.69, 9.17) is 4.42 Å². The van der Waals surface area contributed by atoms with Gasteiger partial charge in [0.25, 0.3) is 5.91 Å². The predicted molar refractivity (Wildman–Crippen MR) is 77.5 cm³/mol. The van der Waals surface area contributed by atoms with Crippen LogP contribution in [0.4, 0.5) is 0 Å². The number of hydrogen-bond donors (Lipinski definition) is 1. The fraction of sp³-hybridized carbons (Fsp3) is 0.312.